The first-order valence-corrected chi connectivity index (χ1v) is 5.20. The molecule has 5 nitrogen and oxygen atoms in total. The number of rotatable bonds is 3. The maximum atomic E-state index is 10.8. The maximum absolute atomic E-state index is 10.8. The van der Waals surface area contributed by atoms with Gasteiger partial charge >= 0.3 is 0 Å². The Morgan fingerprint density at radius 3 is 2.53 bits per heavy atom. The van der Waals surface area contributed by atoms with Crippen molar-refractivity contribution >= 4 is 28.5 Å². The van der Waals surface area contributed by atoms with Crippen LogP contribution in [0.1, 0.15) is 5.56 Å². The molecule has 1 aromatic rings. The van der Waals surface area contributed by atoms with E-state index in [2.05, 4.69) is 5.32 Å². The molecule has 1 aromatic carbocycles. The van der Waals surface area contributed by atoms with Gasteiger partial charge in [-0.05, 0) is 40.3 Å². The number of halogens is 1. The average molecular weight is 323 g/mol. The van der Waals surface area contributed by atoms with Crippen LogP contribution in [0.15, 0.2) is 12.1 Å². The lowest BCUT2D eigenvalue weighted by molar-refractivity contribution is -0.123. The minimum Gasteiger partial charge on any atom is -0.504 e. The number of aliphatic hydroxyl groups is 1. The van der Waals surface area contributed by atoms with E-state index >= 15 is 0 Å². The van der Waals surface area contributed by atoms with Crippen molar-refractivity contribution in [3.63, 3.8) is 0 Å². The summed E-state index contributed by atoms with van der Waals surface area (Å²) in [6.45, 7) is -0.369. The average Bonchev–Trinajstić information content (AvgIpc) is 2.21. The van der Waals surface area contributed by atoms with Gasteiger partial charge in [0.25, 0.3) is 0 Å². The highest BCUT2D eigenvalue weighted by atomic mass is 127. The topological polar surface area (TPSA) is 89.8 Å². The van der Waals surface area contributed by atoms with Crippen molar-refractivity contribution in [1.82, 2.24) is 5.32 Å². The highest BCUT2D eigenvalue weighted by Gasteiger charge is 2.07. The van der Waals surface area contributed by atoms with Crippen molar-refractivity contribution in [2.24, 2.45) is 0 Å². The second-order valence-corrected chi connectivity index (χ2v) is 4.03. The third kappa shape index (κ3) is 3.24. The number of phenolic OH excluding ortho intramolecular Hbond substituents is 2. The number of hydrogen-bond acceptors (Lipinski definition) is 4. The minimum absolute atomic E-state index is 0.198. The fraction of sp³-hybridized carbons (Fsp3) is 0.222. The predicted octanol–water partition coefficient (Wildman–Crippen LogP) is 0.311. The van der Waals surface area contributed by atoms with E-state index in [0.717, 1.165) is 3.57 Å². The summed E-state index contributed by atoms with van der Waals surface area (Å²) in [5.74, 6) is -0.918. The maximum Gasteiger partial charge on any atom is 0.245 e. The first-order valence-electron chi connectivity index (χ1n) is 4.12. The largest absolute Gasteiger partial charge is 0.504 e. The first kappa shape index (κ1) is 12.1. The van der Waals surface area contributed by atoms with Gasteiger partial charge in [-0.2, -0.15) is 0 Å². The van der Waals surface area contributed by atoms with Gasteiger partial charge in [0.15, 0.2) is 11.5 Å². The quantitative estimate of drug-likeness (QED) is 0.476. The molecule has 0 aromatic heterocycles. The van der Waals surface area contributed by atoms with Crippen molar-refractivity contribution in [3.05, 3.63) is 21.3 Å². The molecule has 6 heteroatoms. The Kier molecular flexibility index (Phi) is 4.15. The highest BCUT2D eigenvalue weighted by Crippen LogP contribution is 2.29. The van der Waals surface area contributed by atoms with Crippen LogP contribution in [-0.4, -0.2) is 27.8 Å². The molecule has 0 saturated carbocycles. The summed E-state index contributed by atoms with van der Waals surface area (Å²) < 4.78 is 0.723. The van der Waals surface area contributed by atoms with Crippen LogP contribution in [-0.2, 0) is 11.3 Å². The molecule has 0 unspecified atom stereocenters. The Hall–Kier alpha value is -1.02. The molecule has 15 heavy (non-hydrogen) atoms. The fourth-order valence-electron chi connectivity index (χ4n) is 0.980. The van der Waals surface area contributed by atoms with Crippen LogP contribution in [0.3, 0.4) is 0 Å². The molecule has 0 spiro atoms. The van der Waals surface area contributed by atoms with Crippen LogP contribution < -0.4 is 5.32 Å². The fourth-order valence-corrected chi connectivity index (χ4v) is 1.62. The lowest BCUT2D eigenvalue weighted by Crippen LogP contribution is -2.25. The second-order valence-electron chi connectivity index (χ2n) is 2.87. The minimum atomic E-state index is -0.569. The first-order chi connectivity index (χ1) is 7.04. The van der Waals surface area contributed by atoms with Gasteiger partial charge in [-0.1, -0.05) is 0 Å². The normalized spacial score (nSPS) is 10.0. The monoisotopic (exact) mass is 323 g/mol. The zero-order valence-corrected chi connectivity index (χ0v) is 9.85. The van der Waals surface area contributed by atoms with Crippen molar-refractivity contribution in [1.29, 1.82) is 0 Å². The highest BCUT2D eigenvalue weighted by molar-refractivity contribution is 14.1. The van der Waals surface area contributed by atoms with Gasteiger partial charge in [0, 0.05) is 10.1 Å². The molecular weight excluding hydrogens is 313 g/mol. The van der Waals surface area contributed by atoms with E-state index in [1.807, 2.05) is 22.6 Å². The molecule has 0 radical (unpaired) electrons. The molecule has 0 aliphatic heterocycles. The van der Waals surface area contributed by atoms with Gasteiger partial charge in [-0.25, -0.2) is 0 Å². The van der Waals surface area contributed by atoms with Crippen LogP contribution in [0.4, 0.5) is 0 Å². The standard InChI is InChI=1S/C9H10INO4/c10-6-2-8(14)7(13)1-5(6)3-11-9(15)4-12/h1-2,12-14H,3-4H2,(H,11,15). The van der Waals surface area contributed by atoms with Gasteiger partial charge in [-0.15, -0.1) is 0 Å². The summed E-state index contributed by atoms with van der Waals surface area (Å²) in [5, 5.41) is 29.3. The van der Waals surface area contributed by atoms with E-state index in [0.29, 0.717) is 5.56 Å². The van der Waals surface area contributed by atoms with Crippen LogP contribution in [0.5, 0.6) is 11.5 Å². The lowest BCUT2D eigenvalue weighted by atomic mass is 10.2. The zero-order chi connectivity index (χ0) is 11.4. The van der Waals surface area contributed by atoms with Crippen molar-refractivity contribution in [2.75, 3.05) is 6.61 Å². The van der Waals surface area contributed by atoms with Gasteiger partial charge < -0.3 is 20.6 Å². The molecule has 0 saturated heterocycles. The van der Waals surface area contributed by atoms with Gasteiger partial charge in [0.05, 0.1) is 0 Å². The number of carbonyl (C=O) groups is 1. The number of hydrogen-bond donors (Lipinski definition) is 4. The summed E-state index contributed by atoms with van der Waals surface area (Å²) in [4.78, 5) is 10.8. The van der Waals surface area contributed by atoms with E-state index in [-0.39, 0.29) is 18.0 Å². The molecule has 0 fully saturated rings. The molecular formula is C9H10INO4. The molecule has 0 atom stereocenters. The second kappa shape index (κ2) is 5.17. The molecule has 0 aliphatic carbocycles. The summed E-state index contributed by atoms with van der Waals surface area (Å²) in [6.07, 6.45) is 0. The summed E-state index contributed by atoms with van der Waals surface area (Å²) in [5.41, 5.74) is 0.674. The van der Waals surface area contributed by atoms with E-state index < -0.39 is 12.5 Å². The number of aromatic hydroxyl groups is 2. The smallest absolute Gasteiger partial charge is 0.245 e. The number of nitrogens with one attached hydrogen (secondary N) is 1. The Bertz CT molecular complexity index is 381. The summed E-state index contributed by atoms with van der Waals surface area (Å²) in [6, 6.07) is 2.77. The number of carbonyl (C=O) groups excluding carboxylic acids is 1. The SMILES string of the molecule is O=C(CO)NCc1cc(O)c(O)cc1I. The molecule has 0 heterocycles. The van der Waals surface area contributed by atoms with Crippen LogP contribution in [0.25, 0.3) is 0 Å². The van der Waals surface area contributed by atoms with Crippen LogP contribution >= 0.6 is 22.6 Å². The lowest BCUT2D eigenvalue weighted by Gasteiger charge is -2.07. The molecule has 0 bridgehead atoms. The van der Waals surface area contributed by atoms with Gasteiger partial charge in [0.1, 0.15) is 6.61 Å². The number of aliphatic hydroxyl groups excluding tert-OH is 1. The van der Waals surface area contributed by atoms with Crippen LogP contribution in [0.2, 0.25) is 0 Å². The number of benzene rings is 1. The molecule has 4 N–H and O–H groups in total. The Morgan fingerprint density at radius 2 is 1.93 bits per heavy atom. The summed E-state index contributed by atoms with van der Waals surface area (Å²) in [7, 11) is 0. The van der Waals surface area contributed by atoms with Crippen molar-refractivity contribution in [3.8, 4) is 11.5 Å². The van der Waals surface area contributed by atoms with Crippen molar-refractivity contribution in [2.45, 2.75) is 6.54 Å². The van der Waals surface area contributed by atoms with E-state index in [4.69, 9.17) is 10.2 Å². The Labute approximate surface area is 99.9 Å². The van der Waals surface area contributed by atoms with E-state index in [1.165, 1.54) is 12.1 Å². The van der Waals surface area contributed by atoms with Gasteiger partial charge in [0.2, 0.25) is 5.91 Å². The molecule has 0 aliphatic rings. The third-order valence-electron chi connectivity index (χ3n) is 1.76. The Balaban J connectivity index is 2.77. The van der Waals surface area contributed by atoms with E-state index in [9.17, 15) is 9.90 Å². The third-order valence-corrected chi connectivity index (χ3v) is 2.77. The molecule has 82 valence electrons. The summed E-state index contributed by atoms with van der Waals surface area (Å²) >= 11 is 1.98. The van der Waals surface area contributed by atoms with Crippen LogP contribution in [0, 0.1) is 3.57 Å². The van der Waals surface area contributed by atoms with E-state index in [1.54, 1.807) is 0 Å². The predicted molar refractivity (Wildman–Crippen MR) is 61.4 cm³/mol. The molecule has 1 rings (SSSR count). The Morgan fingerprint density at radius 1 is 1.33 bits per heavy atom. The van der Waals surface area contributed by atoms with Crippen molar-refractivity contribution < 1.29 is 20.1 Å². The number of phenols is 2. The number of amides is 1. The zero-order valence-electron chi connectivity index (χ0n) is 7.70. The molecule has 1 amide bonds. The van der Waals surface area contributed by atoms with Gasteiger partial charge in [-0.3, -0.25) is 4.79 Å².